The summed E-state index contributed by atoms with van der Waals surface area (Å²) in [5, 5.41) is 18.8. The second-order valence-electron chi connectivity index (χ2n) is 7.89. The van der Waals surface area contributed by atoms with Gasteiger partial charge in [-0.15, -0.1) is 5.10 Å². The van der Waals surface area contributed by atoms with Gasteiger partial charge in [0.2, 0.25) is 5.91 Å². The van der Waals surface area contributed by atoms with E-state index in [-0.39, 0.29) is 36.1 Å². The van der Waals surface area contributed by atoms with Gasteiger partial charge in [0.15, 0.2) is 17.8 Å². The highest BCUT2D eigenvalue weighted by molar-refractivity contribution is 6.33. The number of halogens is 5. The first-order chi connectivity index (χ1) is 17.4. The number of aromatic nitrogens is 6. The third-order valence-electron chi connectivity index (χ3n) is 5.22. The molecule has 0 saturated carbocycles. The lowest BCUT2D eigenvalue weighted by molar-refractivity contribution is -0.207. The van der Waals surface area contributed by atoms with Crippen molar-refractivity contribution in [2.75, 3.05) is 0 Å². The molecule has 2 aromatic carbocycles. The predicted molar refractivity (Wildman–Crippen MR) is 128 cm³/mol. The predicted octanol–water partition coefficient (Wildman–Crippen LogP) is 2.73. The van der Waals surface area contributed by atoms with Crippen molar-refractivity contribution < 1.29 is 23.1 Å². The lowest BCUT2D eigenvalue weighted by Gasteiger charge is -2.15. The van der Waals surface area contributed by atoms with E-state index in [4.69, 9.17) is 28.9 Å². The zero-order valence-electron chi connectivity index (χ0n) is 18.7. The molecule has 2 aromatic heterocycles. The van der Waals surface area contributed by atoms with E-state index < -0.39 is 30.4 Å². The largest absolute Gasteiger partial charge is 0.416 e. The molecule has 37 heavy (non-hydrogen) atoms. The SMILES string of the molecule is NC(=O)Cn1nc(-c2ccccc2Cl)nc1Cn1nc(-c2ccc(Cl)cc2)n(CC(O)C(F)(F)F)c1=O. The molecule has 2 heterocycles. The first-order valence-corrected chi connectivity index (χ1v) is 11.3. The topological polar surface area (TPSA) is 134 Å². The van der Waals surface area contributed by atoms with E-state index in [1.807, 2.05) is 0 Å². The molecular weight excluding hydrogens is 538 g/mol. The average molecular weight is 556 g/mol. The van der Waals surface area contributed by atoms with Crippen LogP contribution in [0.25, 0.3) is 22.8 Å². The van der Waals surface area contributed by atoms with Crippen molar-refractivity contribution in [1.29, 1.82) is 0 Å². The molecule has 0 aliphatic heterocycles. The number of carbonyl (C=O) groups is 1. The van der Waals surface area contributed by atoms with Gasteiger partial charge in [0.25, 0.3) is 0 Å². The van der Waals surface area contributed by atoms with Gasteiger partial charge in [0, 0.05) is 16.1 Å². The number of primary amides is 1. The zero-order chi connectivity index (χ0) is 26.9. The number of amides is 1. The lowest BCUT2D eigenvalue weighted by Crippen LogP contribution is -2.37. The van der Waals surface area contributed by atoms with Crippen LogP contribution in [0.2, 0.25) is 10.0 Å². The van der Waals surface area contributed by atoms with Crippen molar-refractivity contribution >= 4 is 29.1 Å². The fourth-order valence-electron chi connectivity index (χ4n) is 3.45. The van der Waals surface area contributed by atoms with Crippen molar-refractivity contribution in [1.82, 2.24) is 29.1 Å². The summed E-state index contributed by atoms with van der Waals surface area (Å²) in [6.07, 6.45) is -7.79. The highest BCUT2D eigenvalue weighted by Crippen LogP contribution is 2.26. The average Bonchev–Trinajstić information content (AvgIpc) is 3.35. The number of aliphatic hydroxyl groups excluding tert-OH is 1. The number of nitrogens with two attached hydrogens (primary N) is 1. The molecule has 1 amide bonds. The summed E-state index contributed by atoms with van der Waals surface area (Å²) in [6, 6.07) is 12.6. The Hall–Kier alpha value is -3.68. The Kier molecular flexibility index (Phi) is 7.39. The van der Waals surface area contributed by atoms with E-state index in [0.29, 0.717) is 20.2 Å². The monoisotopic (exact) mass is 555 g/mol. The van der Waals surface area contributed by atoms with Crippen LogP contribution in [-0.2, 0) is 24.4 Å². The third-order valence-corrected chi connectivity index (χ3v) is 5.80. The van der Waals surface area contributed by atoms with E-state index in [0.717, 1.165) is 9.36 Å². The number of benzene rings is 2. The van der Waals surface area contributed by atoms with Crippen molar-refractivity contribution in [3.8, 4) is 22.8 Å². The smallest absolute Gasteiger partial charge is 0.382 e. The summed E-state index contributed by atoms with van der Waals surface area (Å²) in [5.41, 5.74) is 5.09. The van der Waals surface area contributed by atoms with Gasteiger partial charge in [-0.2, -0.15) is 18.3 Å². The summed E-state index contributed by atoms with van der Waals surface area (Å²) in [5.74, 6) is -0.679. The number of nitrogens with zero attached hydrogens (tertiary/aromatic N) is 6. The number of alkyl halides is 3. The molecule has 0 aliphatic rings. The van der Waals surface area contributed by atoms with Crippen LogP contribution in [0.5, 0.6) is 0 Å². The third kappa shape index (κ3) is 5.84. The minimum Gasteiger partial charge on any atom is -0.382 e. The van der Waals surface area contributed by atoms with Crippen LogP contribution in [-0.4, -0.2) is 52.4 Å². The van der Waals surface area contributed by atoms with Crippen molar-refractivity contribution in [2.24, 2.45) is 5.73 Å². The van der Waals surface area contributed by atoms with Gasteiger partial charge in [-0.3, -0.25) is 9.36 Å². The van der Waals surface area contributed by atoms with E-state index >= 15 is 0 Å². The first kappa shape index (κ1) is 26.4. The lowest BCUT2D eigenvalue weighted by atomic mass is 10.2. The Balaban J connectivity index is 1.80. The number of rotatable bonds is 8. The van der Waals surface area contributed by atoms with Gasteiger partial charge in [-0.05, 0) is 36.4 Å². The molecule has 1 unspecified atom stereocenters. The first-order valence-electron chi connectivity index (χ1n) is 10.6. The molecule has 194 valence electrons. The molecule has 0 fully saturated rings. The second kappa shape index (κ2) is 10.4. The number of aliphatic hydroxyl groups is 1. The maximum Gasteiger partial charge on any atom is 0.416 e. The molecular formula is C22H18Cl2F3N7O3. The van der Waals surface area contributed by atoms with Crippen molar-refractivity contribution in [3.63, 3.8) is 0 Å². The van der Waals surface area contributed by atoms with Gasteiger partial charge in [0.05, 0.1) is 11.6 Å². The summed E-state index contributed by atoms with van der Waals surface area (Å²) in [7, 11) is 0. The van der Waals surface area contributed by atoms with Crippen LogP contribution in [0, 0.1) is 0 Å². The molecule has 0 radical (unpaired) electrons. The van der Waals surface area contributed by atoms with E-state index in [2.05, 4.69) is 15.2 Å². The molecule has 10 nitrogen and oxygen atoms in total. The maximum absolute atomic E-state index is 13.1. The molecule has 3 N–H and O–H groups in total. The van der Waals surface area contributed by atoms with Gasteiger partial charge < -0.3 is 10.8 Å². The molecule has 0 aliphatic carbocycles. The number of hydrogen-bond donors (Lipinski definition) is 2. The molecule has 4 aromatic rings. The van der Waals surface area contributed by atoms with Gasteiger partial charge in [0.1, 0.15) is 18.9 Å². The molecule has 0 bridgehead atoms. The van der Waals surface area contributed by atoms with Crippen LogP contribution in [0.15, 0.2) is 53.3 Å². The van der Waals surface area contributed by atoms with Gasteiger partial charge in [-0.1, -0.05) is 35.3 Å². The van der Waals surface area contributed by atoms with Gasteiger partial charge in [-0.25, -0.2) is 19.1 Å². The molecule has 0 spiro atoms. The van der Waals surface area contributed by atoms with Crippen LogP contribution in [0.1, 0.15) is 5.82 Å². The Morgan fingerprint density at radius 3 is 2.35 bits per heavy atom. The summed E-state index contributed by atoms with van der Waals surface area (Å²) in [6.45, 7) is -1.86. The molecule has 1 atom stereocenters. The summed E-state index contributed by atoms with van der Waals surface area (Å²) >= 11 is 12.1. The van der Waals surface area contributed by atoms with Crippen LogP contribution in [0.4, 0.5) is 13.2 Å². The fourth-order valence-corrected chi connectivity index (χ4v) is 3.80. The van der Waals surface area contributed by atoms with E-state index in [1.54, 1.807) is 24.3 Å². The minimum atomic E-state index is -4.97. The normalized spacial score (nSPS) is 12.6. The second-order valence-corrected chi connectivity index (χ2v) is 8.74. The van der Waals surface area contributed by atoms with Crippen LogP contribution < -0.4 is 11.4 Å². The summed E-state index contributed by atoms with van der Waals surface area (Å²) in [4.78, 5) is 29.1. The van der Waals surface area contributed by atoms with Gasteiger partial charge >= 0.3 is 11.9 Å². The standard InChI is InChI=1S/C22H18Cl2F3N7O3/c23-13-7-5-12(6-8-13)20-31-34(21(37)32(20)9-16(35)22(25,26)27)11-18-29-19(30-33(18)10-17(28)36)14-3-1-2-4-15(14)24/h1-8,16,35H,9-11H2,(H2,28,36). The molecule has 0 saturated heterocycles. The Morgan fingerprint density at radius 2 is 1.73 bits per heavy atom. The maximum atomic E-state index is 13.1. The van der Waals surface area contributed by atoms with Crippen molar-refractivity contribution in [3.05, 3.63) is 74.9 Å². The minimum absolute atomic E-state index is 0.0690. The number of carbonyl (C=O) groups excluding carboxylic acids is 1. The fraction of sp³-hybridized carbons (Fsp3) is 0.227. The zero-order valence-corrected chi connectivity index (χ0v) is 20.2. The Bertz CT molecular complexity index is 1500. The van der Waals surface area contributed by atoms with E-state index in [1.165, 1.54) is 24.3 Å². The van der Waals surface area contributed by atoms with Crippen LogP contribution in [0.3, 0.4) is 0 Å². The Morgan fingerprint density at radius 1 is 1.05 bits per heavy atom. The molecule has 4 rings (SSSR count). The van der Waals surface area contributed by atoms with E-state index in [9.17, 15) is 27.9 Å². The van der Waals surface area contributed by atoms with Crippen molar-refractivity contribution in [2.45, 2.75) is 31.9 Å². The quantitative estimate of drug-likeness (QED) is 0.343. The summed E-state index contributed by atoms with van der Waals surface area (Å²) < 4.78 is 42.0. The number of hydrogen-bond acceptors (Lipinski definition) is 6. The van der Waals surface area contributed by atoms with Crippen LogP contribution >= 0.6 is 23.2 Å². The molecule has 15 heteroatoms. The highest BCUT2D eigenvalue weighted by atomic mass is 35.5. The Labute approximate surface area is 216 Å². The highest BCUT2D eigenvalue weighted by Gasteiger charge is 2.39.